The molecule has 0 saturated carbocycles. The number of carbonyl (C=O) groups excluding carboxylic acids is 1. The molecule has 9 nitrogen and oxygen atoms in total. The average molecular weight is 616 g/mol. The van der Waals surface area contributed by atoms with Crippen molar-refractivity contribution < 1.29 is 27.9 Å². The Morgan fingerprint density at radius 3 is 2.40 bits per heavy atom. The Kier molecular flexibility index (Phi) is 9.33. The molecule has 1 amide bonds. The molecule has 4 heterocycles. The maximum Gasteiger partial charge on any atom is 0.490 e. The molecule has 1 saturated heterocycles. The minimum absolute atomic E-state index is 0.0344. The molecule has 2 aromatic carbocycles. The lowest BCUT2D eigenvalue weighted by atomic mass is 9.97. The fraction of sp³-hybridized carbons (Fsp3) is 0.182. The molecule has 3 aromatic heterocycles. The number of carbonyl (C=O) groups is 2. The maximum atomic E-state index is 12.7. The molecule has 230 valence electrons. The first kappa shape index (κ1) is 31.1. The summed E-state index contributed by atoms with van der Waals surface area (Å²) < 4.78 is 31.7. The third-order valence-corrected chi connectivity index (χ3v) is 7.29. The first-order valence-electron chi connectivity index (χ1n) is 14.0. The second-order valence-electron chi connectivity index (χ2n) is 10.4. The average Bonchev–Trinajstić information content (AvgIpc) is 3.51. The van der Waals surface area contributed by atoms with Crippen molar-refractivity contribution in [1.82, 2.24) is 19.9 Å². The maximum absolute atomic E-state index is 12.7. The number of halogens is 3. The number of carboxylic acids is 1. The highest BCUT2D eigenvalue weighted by Crippen LogP contribution is 2.33. The highest BCUT2D eigenvalue weighted by Gasteiger charge is 2.38. The van der Waals surface area contributed by atoms with E-state index in [-0.39, 0.29) is 17.4 Å². The van der Waals surface area contributed by atoms with Gasteiger partial charge in [-0.1, -0.05) is 54.6 Å². The highest BCUT2D eigenvalue weighted by atomic mass is 19.4. The lowest BCUT2D eigenvalue weighted by Crippen LogP contribution is -2.27. The molecule has 0 spiro atoms. The van der Waals surface area contributed by atoms with E-state index in [1.807, 2.05) is 54.6 Å². The number of anilines is 1. The van der Waals surface area contributed by atoms with Crippen molar-refractivity contribution in [2.45, 2.75) is 19.1 Å². The molecule has 0 unspecified atom stereocenters. The molecule has 0 radical (unpaired) electrons. The topological polar surface area (TPSA) is 128 Å². The second-order valence-corrected chi connectivity index (χ2v) is 10.4. The number of H-pyrrole nitrogens is 1. The van der Waals surface area contributed by atoms with Crippen LogP contribution in [0.1, 0.15) is 12.0 Å². The Morgan fingerprint density at radius 2 is 1.73 bits per heavy atom. The van der Waals surface area contributed by atoms with Crippen molar-refractivity contribution in [3.05, 3.63) is 113 Å². The van der Waals surface area contributed by atoms with Crippen molar-refractivity contribution in [2.75, 3.05) is 18.4 Å². The molecule has 6 rings (SSSR count). The first-order chi connectivity index (χ1) is 21.6. The molecular formula is C33H28F3N5O4. The van der Waals surface area contributed by atoms with Crippen LogP contribution in [-0.2, 0) is 16.1 Å². The largest absolute Gasteiger partial charge is 0.490 e. The molecular weight excluding hydrogens is 587 g/mol. The van der Waals surface area contributed by atoms with Crippen LogP contribution in [0.15, 0.2) is 102 Å². The van der Waals surface area contributed by atoms with Crippen molar-refractivity contribution in [3.63, 3.8) is 0 Å². The van der Waals surface area contributed by atoms with Gasteiger partial charge in [-0.05, 0) is 48.4 Å². The SMILES string of the molecule is O=C(Nc1cccnc1)[C@@H]1CCN(Cc2ccc(-c3nc4cc[nH]c(=O)c4cc3-c3ccccc3)cc2)C1.O=C(O)C(F)(F)F. The van der Waals surface area contributed by atoms with Gasteiger partial charge >= 0.3 is 12.1 Å². The van der Waals surface area contributed by atoms with Crippen LogP contribution >= 0.6 is 0 Å². The smallest absolute Gasteiger partial charge is 0.475 e. The molecule has 12 heteroatoms. The van der Waals surface area contributed by atoms with Gasteiger partial charge in [-0.15, -0.1) is 0 Å². The zero-order chi connectivity index (χ0) is 32.0. The number of hydrogen-bond acceptors (Lipinski definition) is 6. The zero-order valence-electron chi connectivity index (χ0n) is 23.8. The van der Waals surface area contributed by atoms with E-state index >= 15 is 0 Å². The van der Waals surface area contributed by atoms with Gasteiger partial charge in [0.05, 0.1) is 34.4 Å². The van der Waals surface area contributed by atoms with E-state index in [0.717, 1.165) is 54.1 Å². The van der Waals surface area contributed by atoms with Crippen LogP contribution < -0.4 is 10.9 Å². The van der Waals surface area contributed by atoms with Crippen LogP contribution in [0.3, 0.4) is 0 Å². The Labute approximate surface area is 255 Å². The van der Waals surface area contributed by atoms with E-state index in [0.29, 0.717) is 10.9 Å². The number of nitrogens with zero attached hydrogens (tertiary/aromatic N) is 3. The van der Waals surface area contributed by atoms with Gasteiger partial charge in [0, 0.05) is 36.6 Å². The second kappa shape index (κ2) is 13.5. The summed E-state index contributed by atoms with van der Waals surface area (Å²) in [5, 5.41) is 10.7. The van der Waals surface area contributed by atoms with Crippen LogP contribution in [0.2, 0.25) is 0 Å². The van der Waals surface area contributed by atoms with E-state index in [4.69, 9.17) is 14.9 Å². The summed E-state index contributed by atoms with van der Waals surface area (Å²) in [7, 11) is 0. The van der Waals surface area contributed by atoms with Crippen LogP contribution in [0.25, 0.3) is 33.3 Å². The van der Waals surface area contributed by atoms with Gasteiger partial charge in [0.15, 0.2) is 0 Å². The van der Waals surface area contributed by atoms with Crippen molar-refractivity contribution >= 4 is 28.5 Å². The van der Waals surface area contributed by atoms with Gasteiger partial charge in [0.1, 0.15) is 0 Å². The number of alkyl halides is 3. The number of aromatic nitrogens is 3. The molecule has 1 aliphatic rings. The van der Waals surface area contributed by atoms with Gasteiger partial charge in [-0.25, -0.2) is 9.78 Å². The molecule has 1 aliphatic heterocycles. The van der Waals surface area contributed by atoms with Gasteiger partial charge in [0.2, 0.25) is 5.91 Å². The number of hydrogen-bond donors (Lipinski definition) is 3. The number of benzene rings is 2. The number of fused-ring (bicyclic) bond motifs is 1. The van der Waals surface area contributed by atoms with Gasteiger partial charge in [0.25, 0.3) is 5.56 Å². The molecule has 1 fully saturated rings. The van der Waals surface area contributed by atoms with Gasteiger partial charge in [-0.2, -0.15) is 13.2 Å². The standard InChI is InChI=1S/C31H27N5O2.C2HF3O2/c37-30(34-25-7-4-14-32-18-25)24-13-16-36(20-24)19-21-8-10-23(11-9-21)29-26(22-5-2-1-3-6-22)17-27-28(35-29)12-15-33-31(27)38;3-2(4,5)1(6)7/h1-12,14-15,17-18,24H,13,16,19-20H2,(H,33,38)(H,34,37);(H,6,7)/t24-;/m1./s1. The third kappa shape index (κ3) is 7.78. The third-order valence-electron chi connectivity index (χ3n) is 7.29. The summed E-state index contributed by atoms with van der Waals surface area (Å²) in [6.45, 7) is 2.39. The number of likely N-dealkylation sites (tertiary alicyclic amines) is 1. The molecule has 45 heavy (non-hydrogen) atoms. The van der Waals surface area contributed by atoms with E-state index in [2.05, 4.69) is 44.5 Å². The fourth-order valence-electron chi connectivity index (χ4n) is 5.07. The van der Waals surface area contributed by atoms with Crippen LogP contribution in [-0.4, -0.2) is 56.1 Å². The highest BCUT2D eigenvalue weighted by molar-refractivity contribution is 5.93. The Morgan fingerprint density at radius 1 is 1.00 bits per heavy atom. The molecule has 1 atom stereocenters. The van der Waals surface area contributed by atoms with E-state index in [9.17, 15) is 22.8 Å². The van der Waals surface area contributed by atoms with E-state index in [1.54, 1.807) is 18.6 Å². The fourth-order valence-corrected chi connectivity index (χ4v) is 5.07. The van der Waals surface area contributed by atoms with Gasteiger partial charge < -0.3 is 15.4 Å². The minimum Gasteiger partial charge on any atom is -0.475 e. The van der Waals surface area contributed by atoms with Crippen LogP contribution in [0.4, 0.5) is 18.9 Å². The Bertz CT molecular complexity index is 1850. The summed E-state index contributed by atoms with van der Waals surface area (Å²) in [5.41, 5.74) is 6.20. The van der Waals surface area contributed by atoms with Crippen LogP contribution in [0.5, 0.6) is 0 Å². The lowest BCUT2D eigenvalue weighted by Gasteiger charge is -2.17. The summed E-state index contributed by atoms with van der Waals surface area (Å²) in [6, 6.07) is 25.9. The predicted octanol–water partition coefficient (Wildman–Crippen LogP) is 5.75. The van der Waals surface area contributed by atoms with Crippen molar-refractivity contribution in [3.8, 4) is 22.4 Å². The van der Waals surface area contributed by atoms with Gasteiger partial charge in [-0.3, -0.25) is 19.5 Å². The van der Waals surface area contributed by atoms with E-state index < -0.39 is 12.1 Å². The number of aliphatic carboxylic acids is 1. The van der Waals surface area contributed by atoms with Crippen molar-refractivity contribution in [1.29, 1.82) is 0 Å². The quantitative estimate of drug-likeness (QED) is 0.222. The van der Waals surface area contributed by atoms with E-state index in [1.165, 1.54) is 5.56 Å². The number of rotatable bonds is 6. The zero-order valence-corrected chi connectivity index (χ0v) is 23.8. The normalized spacial score (nSPS) is 14.9. The number of amides is 1. The van der Waals surface area contributed by atoms with Crippen molar-refractivity contribution in [2.24, 2.45) is 5.92 Å². The Hall–Kier alpha value is -5.36. The number of aromatic amines is 1. The summed E-state index contributed by atoms with van der Waals surface area (Å²) in [4.78, 5) is 48.1. The summed E-state index contributed by atoms with van der Waals surface area (Å²) in [6.07, 6.45) is 0.744. The Balaban J connectivity index is 0.000000515. The molecule has 0 aliphatic carbocycles. The lowest BCUT2D eigenvalue weighted by molar-refractivity contribution is -0.192. The molecule has 5 aromatic rings. The summed E-state index contributed by atoms with van der Waals surface area (Å²) in [5.74, 6) is -2.74. The first-order valence-corrected chi connectivity index (χ1v) is 14.0. The number of nitrogens with one attached hydrogen (secondary N) is 2. The molecule has 0 bridgehead atoms. The number of pyridine rings is 3. The number of carboxylic acid groups (broad SMARTS) is 1. The monoisotopic (exact) mass is 615 g/mol. The predicted molar refractivity (Wildman–Crippen MR) is 163 cm³/mol. The van der Waals surface area contributed by atoms with Crippen LogP contribution in [0, 0.1) is 5.92 Å². The minimum atomic E-state index is -5.08. The summed E-state index contributed by atoms with van der Waals surface area (Å²) >= 11 is 0. The molecule has 3 N–H and O–H groups in total.